The number of urea groups is 1. The lowest BCUT2D eigenvalue weighted by Gasteiger charge is -2.38. The van der Waals surface area contributed by atoms with Crippen molar-refractivity contribution < 1.29 is 34.5 Å². The number of rotatable bonds is 9. The third-order valence-electron chi connectivity index (χ3n) is 5.67. The van der Waals surface area contributed by atoms with Gasteiger partial charge < -0.3 is 28.4 Å². The zero-order chi connectivity index (χ0) is 26.5. The van der Waals surface area contributed by atoms with Crippen molar-refractivity contribution in [2.45, 2.75) is 83.4 Å². The maximum Gasteiger partial charge on any atom is 0.326 e. The summed E-state index contributed by atoms with van der Waals surface area (Å²) in [4.78, 5) is 14.2. The van der Waals surface area contributed by atoms with Gasteiger partial charge in [0.1, 0.15) is 17.8 Å². The summed E-state index contributed by atoms with van der Waals surface area (Å²) in [7, 11) is -0.268. The molecule has 0 radical (unpaired) electrons. The van der Waals surface area contributed by atoms with Gasteiger partial charge in [0.25, 0.3) is 8.53 Å². The number of aliphatic hydroxyl groups is 1. The summed E-state index contributed by atoms with van der Waals surface area (Å²) in [5, 5.41) is 15.2. The fourth-order valence-corrected chi connectivity index (χ4v) is 6.11. The van der Waals surface area contributed by atoms with Gasteiger partial charge in [0.05, 0.1) is 32.0 Å². The van der Waals surface area contributed by atoms with E-state index in [1.54, 1.807) is 12.3 Å². The van der Waals surface area contributed by atoms with Crippen LogP contribution in [0, 0.1) is 11.3 Å². The molecule has 0 aromatic rings. The van der Waals surface area contributed by atoms with Crippen LogP contribution in [0.5, 0.6) is 0 Å². The Labute approximate surface area is 205 Å². The van der Waals surface area contributed by atoms with E-state index in [-0.39, 0.29) is 44.6 Å². The number of carbonyl (C=O) groups is 1. The number of nitriles is 1. The van der Waals surface area contributed by atoms with Crippen molar-refractivity contribution in [3.63, 3.8) is 0 Å². The van der Waals surface area contributed by atoms with E-state index >= 15 is 0 Å². The summed E-state index contributed by atoms with van der Waals surface area (Å²) in [6.45, 7) is 8.58. The van der Waals surface area contributed by atoms with Crippen LogP contribution in [0.1, 0.15) is 42.4 Å². The van der Waals surface area contributed by atoms with Crippen LogP contribution in [0.2, 0.25) is 0 Å². The summed E-state index contributed by atoms with van der Waals surface area (Å²) in [6, 6.07) is 1.99. The fraction of sp³-hybridized carbons (Fsp3) is 0.727. The Morgan fingerprint density at radius 2 is 2.26 bits per heavy atom. The Balaban J connectivity index is 0.00000115. The maximum absolute atomic E-state index is 12.8. The number of aliphatic hydroxyl groups excluding tert-OH is 1. The number of nitrogens with zero attached hydrogens (tertiary/aromatic N) is 3. The van der Waals surface area contributed by atoms with Crippen LogP contribution < -0.4 is 5.32 Å². The molecule has 4 heterocycles. The molecule has 11 nitrogen and oxygen atoms in total. The molecule has 6 atom stereocenters. The second kappa shape index (κ2) is 11.3. The lowest BCUT2D eigenvalue weighted by atomic mass is 10.0. The SMILES string of the molecule is [2H]CC12COC(C(N3C=C4C=COC4NC3=O)O1)C2OP(OCCC#N)N(C(C)C)C(C)C.[3H]OC. The molecule has 12 heteroatoms. The van der Waals surface area contributed by atoms with Crippen molar-refractivity contribution in [2.24, 2.45) is 0 Å². The summed E-state index contributed by atoms with van der Waals surface area (Å²) in [5.74, 6) is 0. The number of amides is 2. The lowest BCUT2D eigenvalue weighted by Crippen LogP contribution is -2.55. The normalized spacial score (nSPS) is 33.0. The highest BCUT2D eigenvalue weighted by Crippen LogP contribution is 2.53. The molecule has 0 aromatic heterocycles. The van der Waals surface area contributed by atoms with Crippen LogP contribution in [0.25, 0.3) is 0 Å². The summed E-state index contributed by atoms with van der Waals surface area (Å²) >= 11 is 0. The minimum absolute atomic E-state index is 0.0902. The van der Waals surface area contributed by atoms with Crippen molar-refractivity contribution in [3.8, 4) is 6.07 Å². The molecule has 0 aromatic carbocycles. The Morgan fingerprint density at radius 1 is 1.53 bits per heavy atom. The van der Waals surface area contributed by atoms with Crippen molar-refractivity contribution in [1.82, 2.24) is 14.9 Å². The van der Waals surface area contributed by atoms with Gasteiger partial charge in [0.15, 0.2) is 6.23 Å². The highest BCUT2D eigenvalue weighted by Gasteiger charge is 2.63. The van der Waals surface area contributed by atoms with Crippen LogP contribution in [0.3, 0.4) is 0 Å². The first-order chi connectivity index (χ1) is 17.2. The Morgan fingerprint density at radius 3 is 2.91 bits per heavy atom. The van der Waals surface area contributed by atoms with Gasteiger partial charge in [-0.1, -0.05) is 0 Å². The minimum atomic E-state index is -1.56. The highest BCUT2D eigenvalue weighted by atomic mass is 31.2. The van der Waals surface area contributed by atoms with E-state index in [0.29, 0.717) is 0 Å². The minimum Gasteiger partial charge on any atom is -0.474 e. The molecular weight excluding hydrogens is 463 g/mol. The number of fused-ring (bicyclic) bond motifs is 3. The van der Waals surface area contributed by atoms with E-state index in [0.717, 1.165) is 5.57 Å². The molecule has 0 aliphatic carbocycles. The Kier molecular flexibility index (Phi) is 7.97. The monoisotopic (exact) mass is 501 g/mol. The first-order valence-electron chi connectivity index (χ1n) is 12.3. The quantitative estimate of drug-likeness (QED) is 0.362. The third-order valence-corrected chi connectivity index (χ3v) is 7.78. The number of hydrogen-bond acceptors (Lipinski definition) is 9. The molecule has 6 unspecified atom stereocenters. The molecule has 190 valence electrons. The van der Waals surface area contributed by atoms with E-state index in [1.807, 2.05) is 0 Å². The molecular formula is C22H35N4O7P. The van der Waals surface area contributed by atoms with E-state index in [2.05, 4.69) is 48.9 Å². The predicted molar refractivity (Wildman–Crippen MR) is 124 cm³/mol. The van der Waals surface area contributed by atoms with Crippen molar-refractivity contribution >= 4 is 14.6 Å². The first-order valence-corrected chi connectivity index (χ1v) is 12.3. The fourth-order valence-electron chi connectivity index (χ4n) is 4.29. The highest BCUT2D eigenvalue weighted by molar-refractivity contribution is 7.44. The van der Waals surface area contributed by atoms with Gasteiger partial charge in [-0.15, -0.1) is 0 Å². The average molecular weight is 502 g/mol. The largest absolute Gasteiger partial charge is 0.474 e. The van der Waals surface area contributed by atoms with E-state index in [1.165, 1.54) is 18.3 Å². The number of hydrogen-bond donors (Lipinski definition) is 2. The van der Waals surface area contributed by atoms with E-state index in [9.17, 15) is 4.79 Å². The zero-order valence-electron chi connectivity index (χ0n) is 22.2. The smallest absolute Gasteiger partial charge is 0.326 e. The van der Waals surface area contributed by atoms with E-state index < -0.39 is 38.8 Å². The first kappa shape index (κ1) is 23.9. The molecule has 2 amide bonds. The van der Waals surface area contributed by atoms with Crippen LogP contribution in [-0.4, -0.2) is 84.8 Å². The van der Waals surface area contributed by atoms with Crippen LogP contribution >= 0.6 is 8.53 Å². The molecule has 2 saturated heterocycles. The molecule has 4 rings (SSSR count). The standard InChI is InChI=1S/C21H31N4O6P.CH4O/c1-13(2)25(14(3)4)32(29-9-6-8-22)31-17-16-19(30-21(17,5)12-28-16)24-11-15-7-10-27-18(15)23-20(24)26;1-2/h7,10-11,13-14,16-19H,6,9,12H2,1-5H3,(H,23,26);2H,1H3/i5D;2T. The maximum atomic E-state index is 12.8. The van der Waals surface area contributed by atoms with Gasteiger partial charge in [0.2, 0.25) is 7.66 Å². The molecule has 4 aliphatic heterocycles. The number of ether oxygens (including phenoxy) is 3. The molecule has 34 heavy (non-hydrogen) atoms. The summed E-state index contributed by atoms with van der Waals surface area (Å²) in [6.07, 6.45) is 2.81. The Hall–Kier alpha value is -1.77. The Bertz CT molecular complexity index is 866. The number of nitrogens with one attached hydrogen (secondary N) is 1. The van der Waals surface area contributed by atoms with Crippen LogP contribution in [-0.2, 0) is 23.3 Å². The summed E-state index contributed by atoms with van der Waals surface area (Å²) < 4.78 is 46.3. The molecule has 0 spiro atoms. The molecule has 2 fully saturated rings. The van der Waals surface area contributed by atoms with Crippen LogP contribution in [0.15, 0.2) is 24.1 Å². The van der Waals surface area contributed by atoms with Crippen molar-refractivity contribution in [1.29, 1.82) is 6.69 Å². The van der Waals surface area contributed by atoms with Crippen molar-refractivity contribution in [3.05, 3.63) is 24.1 Å². The molecule has 2 bridgehead atoms. The molecule has 2 N–H and O–H groups in total. The molecule has 4 aliphatic rings. The lowest BCUT2D eigenvalue weighted by molar-refractivity contribution is -0.171. The van der Waals surface area contributed by atoms with Gasteiger partial charge >= 0.3 is 6.03 Å². The van der Waals surface area contributed by atoms with Gasteiger partial charge in [0, 0.05) is 32.3 Å². The van der Waals surface area contributed by atoms with Crippen LogP contribution in [0.4, 0.5) is 4.79 Å². The topological polar surface area (TPSA) is 126 Å². The second-order valence-electron chi connectivity index (χ2n) is 8.73. The summed E-state index contributed by atoms with van der Waals surface area (Å²) in [5.41, 5.74) is -0.225. The van der Waals surface area contributed by atoms with Gasteiger partial charge in [-0.25, -0.2) is 9.46 Å². The average Bonchev–Trinajstić information content (AvgIpc) is 3.50. The van der Waals surface area contributed by atoms with Crippen molar-refractivity contribution in [2.75, 3.05) is 20.3 Å². The second-order valence-corrected chi connectivity index (χ2v) is 10.1. The van der Waals surface area contributed by atoms with Gasteiger partial charge in [-0.05, 0) is 40.7 Å². The number of carbonyl (C=O) groups excluding carboxylic acids is 1. The van der Waals surface area contributed by atoms with Gasteiger partial charge in [-0.2, -0.15) is 5.26 Å². The van der Waals surface area contributed by atoms with Gasteiger partial charge in [-0.3, -0.25) is 10.2 Å². The zero-order valence-corrected chi connectivity index (χ0v) is 21.1. The molecule has 0 saturated carbocycles. The third kappa shape index (κ3) is 5.24. The van der Waals surface area contributed by atoms with E-state index in [4.69, 9.17) is 31.3 Å². The predicted octanol–water partition coefficient (Wildman–Crippen LogP) is 2.55.